The summed E-state index contributed by atoms with van der Waals surface area (Å²) in [5, 5.41) is 2.78. The van der Waals surface area contributed by atoms with Gasteiger partial charge in [-0.05, 0) is 31.4 Å². The predicted octanol–water partition coefficient (Wildman–Crippen LogP) is 1.12. The van der Waals surface area contributed by atoms with Gasteiger partial charge in [-0.2, -0.15) is 0 Å². The standard InChI is InChI=1S/C16H20N2O5/c1-22-14(19)8-2-3-9-17-15(20)12-6-4-10-18(12)16(21)13-7-5-11-23-13/h2,5,7-8,11-12H,3-4,6,9-10H2,1H3,(H,17,20)/b8-2+. The average molecular weight is 320 g/mol. The molecule has 23 heavy (non-hydrogen) atoms. The second kappa shape index (κ2) is 8.17. The van der Waals surface area contributed by atoms with Gasteiger partial charge in [0.25, 0.3) is 5.91 Å². The zero-order valence-electron chi connectivity index (χ0n) is 13.0. The topological polar surface area (TPSA) is 88.9 Å². The number of carbonyl (C=O) groups excluding carboxylic acids is 3. The van der Waals surface area contributed by atoms with Crippen LogP contribution >= 0.6 is 0 Å². The van der Waals surface area contributed by atoms with Crippen LogP contribution < -0.4 is 5.32 Å². The fourth-order valence-corrected chi connectivity index (χ4v) is 2.47. The minimum atomic E-state index is -0.475. The van der Waals surface area contributed by atoms with Crippen molar-refractivity contribution in [3.05, 3.63) is 36.3 Å². The zero-order valence-corrected chi connectivity index (χ0v) is 13.0. The van der Waals surface area contributed by atoms with Gasteiger partial charge in [0.1, 0.15) is 6.04 Å². The molecular formula is C16H20N2O5. The fraction of sp³-hybridized carbons (Fsp3) is 0.438. The lowest BCUT2D eigenvalue weighted by Gasteiger charge is -2.22. The van der Waals surface area contributed by atoms with E-state index in [1.54, 1.807) is 23.1 Å². The van der Waals surface area contributed by atoms with Gasteiger partial charge in [0, 0.05) is 19.2 Å². The van der Waals surface area contributed by atoms with E-state index in [1.165, 1.54) is 19.4 Å². The number of esters is 1. The monoisotopic (exact) mass is 320 g/mol. The van der Waals surface area contributed by atoms with E-state index in [2.05, 4.69) is 10.1 Å². The zero-order chi connectivity index (χ0) is 16.7. The van der Waals surface area contributed by atoms with Crippen LogP contribution in [0.4, 0.5) is 0 Å². The van der Waals surface area contributed by atoms with Crippen LogP contribution in [0.15, 0.2) is 35.0 Å². The molecule has 0 saturated carbocycles. The molecule has 1 aliphatic heterocycles. The van der Waals surface area contributed by atoms with Crippen LogP contribution in [0.5, 0.6) is 0 Å². The van der Waals surface area contributed by atoms with Gasteiger partial charge in [0.05, 0.1) is 13.4 Å². The lowest BCUT2D eigenvalue weighted by atomic mass is 10.2. The molecule has 1 aromatic rings. The quantitative estimate of drug-likeness (QED) is 0.482. The lowest BCUT2D eigenvalue weighted by Crippen LogP contribution is -2.46. The maximum Gasteiger partial charge on any atom is 0.330 e. The fourth-order valence-electron chi connectivity index (χ4n) is 2.47. The first-order valence-corrected chi connectivity index (χ1v) is 7.50. The third-order valence-electron chi connectivity index (χ3n) is 3.61. The van der Waals surface area contributed by atoms with Gasteiger partial charge < -0.3 is 19.4 Å². The molecule has 2 rings (SSSR count). The summed E-state index contributed by atoms with van der Waals surface area (Å²) in [7, 11) is 1.30. The Morgan fingerprint density at radius 2 is 2.30 bits per heavy atom. The van der Waals surface area contributed by atoms with Gasteiger partial charge in [-0.15, -0.1) is 0 Å². The van der Waals surface area contributed by atoms with E-state index in [-0.39, 0.29) is 17.6 Å². The highest BCUT2D eigenvalue weighted by molar-refractivity contribution is 5.96. The molecule has 1 unspecified atom stereocenters. The van der Waals surface area contributed by atoms with Crippen LogP contribution in [0.1, 0.15) is 29.8 Å². The molecule has 1 N–H and O–H groups in total. The van der Waals surface area contributed by atoms with E-state index < -0.39 is 12.0 Å². The Bertz CT molecular complexity index is 579. The average Bonchev–Trinajstić information content (AvgIpc) is 3.24. The normalized spacial score (nSPS) is 17.4. The molecule has 0 radical (unpaired) electrons. The maximum atomic E-state index is 12.3. The van der Waals surface area contributed by atoms with Crippen molar-refractivity contribution in [3.63, 3.8) is 0 Å². The maximum absolute atomic E-state index is 12.3. The molecule has 7 heteroatoms. The van der Waals surface area contributed by atoms with Crippen molar-refractivity contribution >= 4 is 17.8 Å². The summed E-state index contributed by atoms with van der Waals surface area (Å²) in [6.07, 6.45) is 6.32. The van der Waals surface area contributed by atoms with E-state index in [0.29, 0.717) is 25.9 Å². The molecule has 1 saturated heterocycles. The first kappa shape index (κ1) is 16.8. The number of ether oxygens (including phenoxy) is 1. The van der Waals surface area contributed by atoms with Crippen LogP contribution in [-0.4, -0.2) is 48.9 Å². The van der Waals surface area contributed by atoms with E-state index in [4.69, 9.17) is 4.42 Å². The highest BCUT2D eigenvalue weighted by Crippen LogP contribution is 2.20. The number of nitrogens with one attached hydrogen (secondary N) is 1. The van der Waals surface area contributed by atoms with Gasteiger partial charge in [-0.25, -0.2) is 4.79 Å². The van der Waals surface area contributed by atoms with E-state index in [9.17, 15) is 14.4 Å². The number of carbonyl (C=O) groups is 3. The Hall–Kier alpha value is -2.57. The molecule has 2 amide bonds. The van der Waals surface area contributed by atoms with Crippen LogP contribution in [0, 0.1) is 0 Å². The molecule has 1 aromatic heterocycles. The SMILES string of the molecule is COC(=O)/C=C/CCNC(=O)C1CCCN1C(=O)c1ccco1. The van der Waals surface area contributed by atoms with Crippen molar-refractivity contribution in [2.45, 2.75) is 25.3 Å². The number of rotatable bonds is 6. The number of methoxy groups -OCH3 is 1. The lowest BCUT2D eigenvalue weighted by molar-refractivity contribution is -0.134. The smallest absolute Gasteiger partial charge is 0.330 e. The van der Waals surface area contributed by atoms with Gasteiger partial charge in [-0.3, -0.25) is 9.59 Å². The summed E-state index contributed by atoms with van der Waals surface area (Å²) >= 11 is 0. The van der Waals surface area contributed by atoms with Crippen molar-refractivity contribution in [1.29, 1.82) is 0 Å². The number of nitrogens with zero attached hydrogens (tertiary/aromatic N) is 1. The van der Waals surface area contributed by atoms with Crippen molar-refractivity contribution in [2.75, 3.05) is 20.2 Å². The molecule has 2 heterocycles. The Morgan fingerprint density at radius 3 is 3.00 bits per heavy atom. The van der Waals surface area contributed by atoms with E-state index >= 15 is 0 Å². The first-order valence-electron chi connectivity index (χ1n) is 7.50. The van der Waals surface area contributed by atoms with Crippen LogP contribution in [-0.2, 0) is 14.3 Å². The summed E-state index contributed by atoms with van der Waals surface area (Å²) in [5.41, 5.74) is 0. The minimum absolute atomic E-state index is 0.186. The Balaban J connectivity index is 1.82. The Morgan fingerprint density at radius 1 is 1.48 bits per heavy atom. The summed E-state index contributed by atoms with van der Waals surface area (Å²) < 4.78 is 9.57. The molecule has 124 valence electrons. The van der Waals surface area contributed by atoms with Gasteiger partial charge in [-0.1, -0.05) is 6.08 Å². The summed E-state index contributed by atoms with van der Waals surface area (Å²) in [4.78, 5) is 37.0. The number of furan rings is 1. The summed E-state index contributed by atoms with van der Waals surface area (Å²) in [6.45, 7) is 0.936. The number of amides is 2. The van der Waals surface area contributed by atoms with Crippen molar-refractivity contribution in [2.24, 2.45) is 0 Å². The summed E-state index contributed by atoms with van der Waals surface area (Å²) in [6, 6.07) is 2.76. The van der Waals surface area contributed by atoms with Crippen LogP contribution in [0.25, 0.3) is 0 Å². The summed E-state index contributed by atoms with van der Waals surface area (Å²) in [5.74, 6) is -0.639. The van der Waals surface area contributed by atoms with Gasteiger partial charge in [0.2, 0.25) is 5.91 Å². The molecule has 1 fully saturated rings. The molecule has 0 bridgehead atoms. The second-order valence-electron chi connectivity index (χ2n) is 5.14. The molecule has 1 aliphatic rings. The van der Waals surface area contributed by atoms with Crippen LogP contribution in [0.3, 0.4) is 0 Å². The highest BCUT2D eigenvalue weighted by atomic mass is 16.5. The first-order chi connectivity index (χ1) is 11.1. The number of hydrogen-bond donors (Lipinski definition) is 1. The number of likely N-dealkylation sites (tertiary alicyclic amines) is 1. The van der Waals surface area contributed by atoms with Crippen molar-refractivity contribution in [1.82, 2.24) is 10.2 Å². The minimum Gasteiger partial charge on any atom is -0.466 e. The van der Waals surface area contributed by atoms with E-state index in [1.807, 2.05) is 0 Å². The van der Waals surface area contributed by atoms with Gasteiger partial charge >= 0.3 is 5.97 Å². The third kappa shape index (κ3) is 4.45. The Labute approximate surface area is 134 Å². The molecular weight excluding hydrogens is 300 g/mol. The van der Waals surface area contributed by atoms with Crippen molar-refractivity contribution in [3.8, 4) is 0 Å². The van der Waals surface area contributed by atoms with Crippen LogP contribution in [0.2, 0.25) is 0 Å². The molecule has 1 atom stereocenters. The number of hydrogen-bond acceptors (Lipinski definition) is 5. The molecule has 0 aromatic carbocycles. The van der Waals surface area contributed by atoms with Crippen molar-refractivity contribution < 1.29 is 23.5 Å². The Kier molecular flexibility index (Phi) is 5.96. The molecule has 0 aliphatic carbocycles. The second-order valence-corrected chi connectivity index (χ2v) is 5.14. The van der Waals surface area contributed by atoms with E-state index in [0.717, 1.165) is 6.42 Å². The third-order valence-corrected chi connectivity index (χ3v) is 3.61. The largest absolute Gasteiger partial charge is 0.466 e. The highest BCUT2D eigenvalue weighted by Gasteiger charge is 2.35. The van der Waals surface area contributed by atoms with Gasteiger partial charge in [0.15, 0.2) is 5.76 Å². The molecule has 7 nitrogen and oxygen atoms in total. The predicted molar refractivity (Wildman–Crippen MR) is 81.5 cm³/mol. The molecule has 0 spiro atoms.